The normalized spacial score (nSPS) is 20.4. The largest absolute Gasteiger partial charge is 0.325 e. The lowest BCUT2D eigenvalue weighted by Crippen LogP contribution is -2.71. The number of fused-ring (bicyclic) bond motifs is 1. The highest BCUT2D eigenvalue weighted by Gasteiger charge is 2.28. The number of halogens is 3. The van der Waals surface area contributed by atoms with Gasteiger partial charge in [0.15, 0.2) is 12.3 Å². The Bertz CT molecular complexity index is 807. The Hall–Kier alpha value is -1.91. The van der Waals surface area contributed by atoms with E-state index in [1.165, 1.54) is 12.1 Å². The van der Waals surface area contributed by atoms with Gasteiger partial charge in [-0.05, 0) is 29.8 Å². The fraction of sp³-hybridized carbons (Fsp3) is 0.176. The van der Waals surface area contributed by atoms with E-state index < -0.39 is 11.7 Å². The highest BCUT2D eigenvalue weighted by molar-refractivity contribution is 6.31. The minimum Gasteiger partial charge on any atom is -0.325 e. The molecule has 23 heavy (non-hydrogen) atoms. The molecule has 0 saturated heterocycles. The first-order chi connectivity index (χ1) is 11.0. The van der Waals surface area contributed by atoms with Gasteiger partial charge in [-0.2, -0.15) is 0 Å². The molecule has 0 bridgehead atoms. The second-order valence-electron chi connectivity index (χ2n) is 5.43. The highest BCUT2D eigenvalue weighted by atomic mass is 35.5. The van der Waals surface area contributed by atoms with Gasteiger partial charge in [-0.3, -0.25) is 4.79 Å². The van der Waals surface area contributed by atoms with Crippen LogP contribution in [0, 0.1) is 5.82 Å². The molecule has 2 N–H and O–H groups in total. The lowest BCUT2D eigenvalue weighted by Gasteiger charge is -2.18. The van der Waals surface area contributed by atoms with Crippen LogP contribution in [0.2, 0.25) is 10.0 Å². The van der Waals surface area contributed by atoms with Gasteiger partial charge >= 0.3 is 0 Å². The maximum atomic E-state index is 13.7. The number of carbonyl (C=O) groups is 1. The molecule has 2 atom stereocenters. The summed E-state index contributed by atoms with van der Waals surface area (Å²) in [5, 5.41) is 3.36. The Morgan fingerprint density at radius 2 is 2.00 bits per heavy atom. The van der Waals surface area contributed by atoms with Crippen molar-refractivity contribution in [1.29, 1.82) is 0 Å². The molecule has 3 nitrogen and oxygen atoms in total. The number of nitrogens with one attached hydrogen (secondary N) is 2. The van der Waals surface area contributed by atoms with Crippen LogP contribution >= 0.6 is 23.2 Å². The summed E-state index contributed by atoms with van der Waals surface area (Å²) in [6.07, 6.45) is 1.70. The molecule has 0 spiro atoms. The lowest BCUT2D eigenvalue weighted by atomic mass is 9.97. The van der Waals surface area contributed by atoms with Crippen molar-refractivity contribution in [2.45, 2.75) is 18.9 Å². The van der Waals surface area contributed by atoms with Crippen LogP contribution in [0.5, 0.6) is 0 Å². The molecule has 0 aliphatic carbocycles. The van der Waals surface area contributed by atoms with E-state index in [1.807, 2.05) is 13.0 Å². The van der Waals surface area contributed by atoms with Crippen molar-refractivity contribution >= 4 is 41.0 Å². The molecular formula is C17H14Cl2FN2O+. The third kappa shape index (κ3) is 3.23. The molecular weight excluding hydrogens is 338 g/mol. The molecule has 0 radical (unpaired) electrons. The van der Waals surface area contributed by atoms with Crippen LogP contribution in [0.3, 0.4) is 0 Å². The molecule has 1 heterocycles. The van der Waals surface area contributed by atoms with E-state index in [0.717, 1.165) is 5.56 Å². The Kier molecular flexibility index (Phi) is 4.37. The zero-order valence-corrected chi connectivity index (χ0v) is 13.8. The maximum Gasteiger partial charge on any atom is 0.241 e. The summed E-state index contributed by atoms with van der Waals surface area (Å²) in [6, 6.07) is 9.71. The summed E-state index contributed by atoms with van der Waals surface area (Å²) >= 11 is 11.8. The number of anilines is 1. The number of hydrogen-bond donors (Lipinski definition) is 2. The fourth-order valence-electron chi connectivity index (χ4n) is 2.59. The summed E-state index contributed by atoms with van der Waals surface area (Å²) in [4.78, 5) is 15.7. The van der Waals surface area contributed by atoms with Crippen molar-refractivity contribution in [3.63, 3.8) is 0 Å². The van der Waals surface area contributed by atoms with Crippen molar-refractivity contribution < 1.29 is 14.2 Å². The third-order valence-corrected chi connectivity index (χ3v) is 4.34. The molecule has 0 fully saturated rings. The molecule has 2 unspecified atom stereocenters. The van der Waals surface area contributed by atoms with Crippen molar-refractivity contribution in [3.8, 4) is 0 Å². The van der Waals surface area contributed by atoms with Crippen molar-refractivity contribution in [2.24, 2.45) is 0 Å². The highest BCUT2D eigenvalue weighted by Crippen LogP contribution is 2.29. The van der Waals surface area contributed by atoms with Crippen LogP contribution in [0.25, 0.3) is 0 Å². The van der Waals surface area contributed by atoms with Gasteiger partial charge in [0, 0.05) is 17.5 Å². The maximum absolute atomic E-state index is 13.7. The summed E-state index contributed by atoms with van der Waals surface area (Å²) in [5.41, 5.74) is 1.91. The quantitative estimate of drug-likeness (QED) is 0.814. The van der Waals surface area contributed by atoms with E-state index in [-0.39, 0.29) is 17.0 Å². The Balaban J connectivity index is 2.04. The minimum atomic E-state index is -0.520. The number of benzene rings is 2. The molecule has 2 aromatic carbocycles. The van der Waals surface area contributed by atoms with Gasteiger partial charge in [0.25, 0.3) is 0 Å². The molecule has 2 aromatic rings. The molecule has 1 aliphatic rings. The Labute approximate surface area is 143 Å². The molecule has 118 valence electrons. The third-order valence-electron chi connectivity index (χ3n) is 3.82. The first-order valence-corrected chi connectivity index (χ1v) is 7.86. The van der Waals surface area contributed by atoms with Crippen LogP contribution in [-0.4, -0.2) is 12.1 Å². The lowest BCUT2D eigenvalue weighted by molar-refractivity contribution is -0.501. The van der Waals surface area contributed by atoms with Gasteiger partial charge in [-0.1, -0.05) is 35.3 Å². The van der Waals surface area contributed by atoms with Crippen molar-refractivity contribution in [3.05, 3.63) is 63.4 Å². The molecule has 0 aromatic heterocycles. The van der Waals surface area contributed by atoms with E-state index in [4.69, 9.17) is 23.2 Å². The van der Waals surface area contributed by atoms with Crippen LogP contribution in [-0.2, 0) is 4.79 Å². The van der Waals surface area contributed by atoms with E-state index in [9.17, 15) is 9.18 Å². The summed E-state index contributed by atoms with van der Waals surface area (Å²) in [7, 11) is 0. The van der Waals surface area contributed by atoms with Gasteiger partial charge in [0.1, 0.15) is 11.7 Å². The first-order valence-electron chi connectivity index (χ1n) is 7.10. The number of amides is 1. The van der Waals surface area contributed by atoms with Crippen molar-refractivity contribution in [2.75, 3.05) is 5.32 Å². The second kappa shape index (κ2) is 6.30. The molecule has 6 heteroatoms. The first kappa shape index (κ1) is 16.0. The number of hydrogen-bond acceptors (Lipinski definition) is 1. The van der Waals surface area contributed by atoms with Crippen LogP contribution in [0.15, 0.2) is 36.4 Å². The average molecular weight is 352 g/mol. The van der Waals surface area contributed by atoms with E-state index in [1.54, 1.807) is 24.4 Å². The Morgan fingerprint density at radius 1 is 1.22 bits per heavy atom. The standard InChI is InChI=1S/C17H13Cl2FN2O/c1-9-12-6-15(20)14(19)7-16(12)22-17(23)13(8-21-9)10-3-2-4-11(18)5-10/h2-9,13H,1H3,(H,22,23)/p+1. The monoisotopic (exact) mass is 351 g/mol. The zero-order valence-electron chi connectivity index (χ0n) is 12.2. The minimum absolute atomic E-state index is 0.0277. The van der Waals surface area contributed by atoms with E-state index in [0.29, 0.717) is 16.3 Å². The molecule has 3 rings (SSSR count). The number of rotatable bonds is 1. The Morgan fingerprint density at radius 3 is 2.74 bits per heavy atom. The molecule has 0 saturated carbocycles. The van der Waals surface area contributed by atoms with E-state index >= 15 is 0 Å². The predicted molar refractivity (Wildman–Crippen MR) is 89.7 cm³/mol. The second-order valence-corrected chi connectivity index (χ2v) is 6.27. The molecule has 1 aliphatic heterocycles. The topological polar surface area (TPSA) is 43.1 Å². The van der Waals surface area contributed by atoms with E-state index in [2.05, 4.69) is 10.3 Å². The van der Waals surface area contributed by atoms with Gasteiger partial charge in [-0.25, -0.2) is 9.38 Å². The number of carbonyl (C=O) groups excluding carboxylic acids is 1. The van der Waals surface area contributed by atoms with Gasteiger partial charge in [-0.15, -0.1) is 0 Å². The fourth-order valence-corrected chi connectivity index (χ4v) is 2.96. The van der Waals surface area contributed by atoms with Gasteiger partial charge in [0.05, 0.1) is 10.7 Å². The SMILES string of the molecule is CC1[NH+]=CC(c2cccc(Cl)c2)C(=O)Nc2cc(Cl)c(F)cc21. The van der Waals surface area contributed by atoms with Gasteiger partial charge in [0.2, 0.25) is 5.91 Å². The summed E-state index contributed by atoms with van der Waals surface area (Å²) < 4.78 is 13.7. The summed E-state index contributed by atoms with van der Waals surface area (Å²) in [6.45, 7) is 1.88. The van der Waals surface area contributed by atoms with Crippen LogP contribution < -0.4 is 10.3 Å². The zero-order chi connectivity index (χ0) is 16.6. The molecule has 1 amide bonds. The summed E-state index contributed by atoms with van der Waals surface area (Å²) in [5.74, 6) is -1.27. The van der Waals surface area contributed by atoms with Crippen LogP contribution in [0.4, 0.5) is 10.1 Å². The van der Waals surface area contributed by atoms with Crippen molar-refractivity contribution in [1.82, 2.24) is 0 Å². The smallest absolute Gasteiger partial charge is 0.241 e. The van der Waals surface area contributed by atoms with Gasteiger partial charge < -0.3 is 5.32 Å². The van der Waals surface area contributed by atoms with Crippen LogP contribution in [0.1, 0.15) is 30.0 Å². The average Bonchev–Trinajstić information content (AvgIpc) is 2.49. The predicted octanol–water partition coefficient (Wildman–Crippen LogP) is 3.08.